The van der Waals surface area contributed by atoms with E-state index < -0.39 is 0 Å². The Bertz CT molecular complexity index is 697. The van der Waals surface area contributed by atoms with Crippen LogP contribution in [0.3, 0.4) is 0 Å². The van der Waals surface area contributed by atoms with Gasteiger partial charge in [0, 0.05) is 25.7 Å². The van der Waals surface area contributed by atoms with Crippen molar-refractivity contribution in [1.29, 1.82) is 0 Å². The van der Waals surface area contributed by atoms with E-state index in [1.54, 1.807) is 6.20 Å². The standard InChI is InChI=1S/C19H22N2O3S/c22-18(17-5-3-11-25-17)21-9-6-19(7-10-21)12-16(14-24-19)23-13-15-4-1-2-8-20-15/h1-5,8,11,16H,6-7,9-10,12-14H2/t16-/m1/s1. The molecule has 0 bridgehead atoms. The smallest absolute Gasteiger partial charge is 0.263 e. The van der Waals surface area contributed by atoms with E-state index in [-0.39, 0.29) is 17.6 Å². The SMILES string of the molecule is O=C(c1cccs1)N1CCC2(CC1)C[C@@H](OCc1ccccn1)CO2. The zero-order valence-corrected chi connectivity index (χ0v) is 14.9. The third-order valence-corrected chi connectivity index (χ3v) is 5.92. The van der Waals surface area contributed by atoms with Crippen molar-refractivity contribution in [1.82, 2.24) is 9.88 Å². The van der Waals surface area contributed by atoms with Crippen LogP contribution in [0.5, 0.6) is 0 Å². The molecule has 5 nitrogen and oxygen atoms in total. The number of ether oxygens (including phenoxy) is 2. The van der Waals surface area contributed by atoms with E-state index >= 15 is 0 Å². The van der Waals surface area contributed by atoms with Gasteiger partial charge in [-0.3, -0.25) is 9.78 Å². The van der Waals surface area contributed by atoms with Gasteiger partial charge < -0.3 is 14.4 Å². The van der Waals surface area contributed by atoms with Crippen LogP contribution in [0.15, 0.2) is 41.9 Å². The minimum atomic E-state index is -0.124. The summed E-state index contributed by atoms with van der Waals surface area (Å²) < 4.78 is 12.1. The molecule has 0 aromatic carbocycles. The Labute approximate surface area is 151 Å². The zero-order valence-electron chi connectivity index (χ0n) is 14.1. The first-order valence-corrected chi connectivity index (χ1v) is 9.60. The molecule has 2 saturated heterocycles. The molecule has 0 saturated carbocycles. The average Bonchev–Trinajstić information content (AvgIpc) is 3.32. The first-order valence-electron chi connectivity index (χ1n) is 8.72. The van der Waals surface area contributed by atoms with Crippen LogP contribution in [0.4, 0.5) is 0 Å². The van der Waals surface area contributed by atoms with Crippen LogP contribution >= 0.6 is 11.3 Å². The number of pyridine rings is 1. The first kappa shape index (κ1) is 16.7. The van der Waals surface area contributed by atoms with Crippen LogP contribution in [0.2, 0.25) is 0 Å². The molecule has 2 aliphatic rings. The number of thiophene rings is 1. The molecule has 25 heavy (non-hydrogen) atoms. The Kier molecular flexibility index (Phi) is 4.83. The van der Waals surface area contributed by atoms with Gasteiger partial charge in [0.05, 0.1) is 35.5 Å². The molecule has 2 aromatic rings. The number of piperidine rings is 1. The molecule has 4 rings (SSSR count). The van der Waals surface area contributed by atoms with Crippen molar-refractivity contribution in [2.24, 2.45) is 0 Å². The van der Waals surface area contributed by atoms with Gasteiger partial charge in [-0.15, -0.1) is 11.3 Å². The van der Waals surface area contributed by atoms with Crippen molar-refractivity contribution in [2.45, 2.75) is 37.6 Å². The van der Waals surface area contributed by atoms with Crippen LogP contribution in [-0.4, -0.2) is 47.2 Å². The second-order valence-electron chi connectivity index (χ2n) is 6.72. The molecule has 0 radical (unpaired) electrons. The van der Waals surface area contributed by atoms with Gasteiger partial charge in [0.25, 0.3) is 5.91 Å². The van der Waals surface area contributed by atoms with Crippen LogP contribution < -0.4 is 0 Å². The lowest BCUT2D eigenvalue weighted by atomic mass is 9.88. The third-order valence-electron chi connectivity index (χ3n) is 5.06. The summed E-state index contributed by atoms with van der Waals surface area (Å²) in [6.45, 7) is 2.66. The van der Waals surface area contributed by atoms with Crippen LogP contribution in [0.1, 0.15) is 34.6 Å². The van der Waals surface area contributed by atoms with Crippen LogP contribution in [0.25, 0.3) is 0 Å². The van der Waals surface area contributed by atoms with E-state index in [0.29, 0.717) is 13.2 Å². The van der Waals surface area contributed by atoms with Gasteiger partial charge >= 0.3 is 0 Å². The third kappa shape index (κ3) is 3.76. The summed E-state index contributed by atoms with van der Waals surface area (Å²) in [6, 6.07) is 9.67. The Balaban J connectivity index is 1.28. The monoisotopic (exact) mass is 358 g/mol. The number of hydrogen-bond acceptors (Lipinski definition) is 5. The number of carbonyl (C=O) groups is 1. The van der Waals surface area contributed by atoms with Crippen molar-refractivity contribution in [2.75, 3.05) is 19.7 Å². The number of aromatic nitrogens is 1. The molecule has 0 aliphatic carbocycles. The molecule has 0 unspecified atom stereocenters. The van der Waals surface area contributed by atoms with E-state index in [4.69, 9.17) is 9.47 Å². The molecule has 1 spiro atoms. The maximum Gasteiger partial charge on any atom is 0.263 e. The molecule has 4 heterocycles. The average molecular weight is 358 g/mol. The van der Waals surface area contributed by atoms with Crippen molar-refractivity contribution in [3.05, 3.63) is 52.5 Å². The van der Waals surface area contributed by atoms with Gasteiger partial charge in [-0.2, -0.15) is 0 Å². The fraction of sp³-hybridized carbons (Fsp3) is 0.474. The Morgan fingerprint density at radius 2 is 2.20 bits per heavy atom. The van der Waals surface area contributed by atoms with Gasteiger partial charge in [0.1, 0.15) is 0 Å². The maximum atomic E-state index is 12.5. The summed E-state index contributed by atoms with van der Waals surface area (Å²) in [6.07, 6.45) is 4.56. The highest BCUT2D eigenvalue weighted by Crippen LogP contribution is 2.37. The topological polar surface area (TPSA) is 51.7 Å². The molecule has 2 fully saturated rings. The van der Waals surface area contributed by atoms with Crippen molar-refractivity contribution < 1.29 is 14.3 Å². The normalized spacial score (nSPS) is 22.4. The maximum absolute atomic E-state index is 12.5. The quantitative estimate of drug-likeness (QED) is 0.843. The molecule has 2 aliphatic heterocycles. The van der Waals surface area contributed by atoms with E-state index in [0.717, 1.165) is 42.9 Å². The lowest BCUT2D eigenvalue weighted by molar-refractivity contribution is -0.0412. The summed E-state index contributed by atoms with van der Waals surface area (Å²) in [5.41, 5.74) is 0.820. The minimum absolute atomic E-state index is 0.113. The lowest BCUT2D eigenvalue weighted by Crippen LogP contribution is -2.46. The predicted octanol–water partition coefficient (Wildman–Crippen LogP) is 3.12. The molecule has 132 valence electrons. The lowest BCUT2D eigenvalue weighted by Gasteiger charge is -2.38. The molecular formula is C19H22N2O3S. The second-order valence-corrected chi connectivity index (χ2v) is 7.67. The molecule has 6 heteroatoms. The summed E-state index contributed by atoms with van der Waals surface area (Å²) in [4.78, 5) is 19.5. The first-order chi connectivity index (χ1) is 12.2. The fourth-order valence-electron chi connectivity index (χ4n) is 3.62. The number of rotatable bonds is 4. The number of carbonyl (C=O) groups excluding carboxylic acids is 1. The Morgan fingerprint density at radius 1 is 1.32 bits per heavy atom. The van der Waals surface area contributed by atoms with Crippen LogP contribution in [0, 0.1) is 0 Å². The highest BCUT2D eigenvalue weighted by molar-refractivity contribution is 7.12. The predicted molar refractivity (Wildman–Crippen MR) is 95.6 cm³/mol. The summed E-state index contributed by atoms with van der Waals surface area (Å²) in [5.74, 6) is 0.144. The largest absolute Gasteiger partial charge is 0.372 e. The van der Waals surface area contributed by atoms with Crippen LogP contribution in [-0.2, 0) is 16.1 Å². The zero-order chi connectivity index (χ0) is 17.1. The van der Waals surface area contributed by atoms with E-state index in [9.17, 15) is 4.79 Å². The Hall–Kier alpha value is -1.76. The van der Waals surface area contributed by atoms with E-state index in [1.165, 1.54) is 11.3 Å². The van der Waals surface area contributed by atoms with Crippen molar-refractivity contribution in [3.8, 4) is 0 Å². The molecule has 0 N–H and O–H groups in total. The van der Waals surface area contributed by atoms with Crippen molar-refractivity contribution >= 4 is 17.2 Å². The van der Waals surface area contributed by atoms with E-state index in [2.05, 4.69) is 4.98 Å². The summed E-state index contributed by atoms with van der Waals surface area (Å²) >= 11 is 1.50. The van der Waals surface area contributed by atoms with Gasteiger partial charge in [-0.25, -0.2) is 0 Å². The summed E-state index contributed by atoms with van der Waals surface area (Å²) in [5, 5.41) is 1.95. The highest BCUT2D eigenvalue weighted by atomic mass is 32.1. The number of hydrogen-bond donors (Lipinski definition) is 0. The molecular weight excluding hydrogens is 336 g/mol. The molecule has 1 atom stereocenters. The minimum Gasteiger partial charge on any atom is -0.372 e. The highest BCUT2D eigenvalue weighted by Gasteiger charge is 2.44. The van der Waals surface area contributed by atoms with Crippen molar-refractivity contribution in [3.63, 3.8) is 0 Å². The number of amides is 1. The van der Waals surface area contributed by atoms with Gasteiger partial charge in [-0.05, 0) is 36.4 Å². The van der Waals surface area contributed by atoms with Gasteiger partial charge in [0.2, 0.25) is 0 Å². The Morgan fingerprint density at radius 3 is 2.92 bits per heavy atom. The van der Waals surface area contributed by atoms with Gasteiger partial charge in [0.15, 0.2) is 0 Å². The van der Waals surface area contributed by atoms with Gasteiger partial charge in [-0.1, -0.05) is 12.1 Å². The number of nitrogens with zero attached hydrogens (tertiary/aromatic N) is 2. The molecule has 1 amide bonds. The molecule has 2 aromatic heterocycles. The number of likely N-dealkylation sites (tertiary alicyclic amines) is 1. The summed E-state index contributed by atoms with van der Waals surface area (Å²) in [7, 11) is 0. The second kappa shape index (κ2) is 7.23. The van der Waals surface area contributed by atoms with E-state index in [1.807, 2.05) is 40.6 Å². The fourth-order valence-corrected chi connectivity index (χ4v) is 4.31.